The Morgan fingerprint density at radius 2 is 1.00 bits per heavy atom. The van der Waals surface area contributed by atoms with Crippen LogP contribution in [-0.2, 0) is 0 Å². The van der Waals surface area contributed by atoms with Crippen molar-refractivity contribution >= 4 is 86.0 Å². The van der Waals surface area contributed by atoms with Crippen LogP contribution in [0.2, 0.25) is 0 Å². The highest BCUT2D eigenvalue weighted by atomic mass is 79.9. The lowest BCUT2D eigenvalue weighted by atomic mass is 9.90. The molecule has 0 aliphatic heterocycles. The van der Waals surface area contributed by atoms with Crippen molar-refractivity contribution < 1.29 is 0 Å². The molecule has 1 heterocycles. The van der Waals surface area contributed by atoms with Gasteiger partial charge in [0.2, 0.25) is 0 Å². The second kappa shape index (κ2) is 3.97. The van der Waals surface area contributed by atoms with Gasteiger partial charge in [0, 0.05) is 41.5 Å². The number of nitrogens with one attached hydrogen (secondary N) is 1. The zero-order valence-electron chi connectivity index (χ0n) is 11.9. The normalized spacial score (nSPS) is 12.8. The SMILES string of the molecule is Brc1cc2[nH]c3cc(Br)c4cccc5c6cccc1c6c2c3c45. The Kier molecular flexibility index (Phi) is 2.17. The smallest absolute Gasteiger partial charge is 0.0483 e. The second-order valence-electron chi connectivity index (χ2n) is 6.14. The van der Waals surface area contributed by atoms with E-state index in [-0.39, 0.29) is 0 Å². The second-order valence-corrected chi connectivity index (χ2v) is 7.85. The van der Waals surface area contributed by atoms with Crippen molar-refractivity contribution in [3.63, 3.8) is 0 Å². The number of hydrogen-bond acceptors (Lipinski definition) is 0. The third kappa shape index (κ3) is 1.35. The van der Waals surface area contributed by atoms with E-state index < -0.39 is 0 Å². The number of aromatic amines is 1. The van der Waals surface area contributed by atoms with E-state index in [1.165, 1.54) is 54.1 Å². The average Bonchev–Trinajstić information content (AvgIpc) is 2.92. The molecule has 23 heavy (non-hydrogen) atoms. The summed E-state index contributed by atoms with van der Waals surface area (Å²) < 4.78 is 2.28. The number of halogens is 2. The lowest BCUT2D eigenvalue weighted by Gasteiger charge is -2.14. The number of hydrogen-bond donors (Lipinski definition) is 1. The molecule has 3 heteroatoms. The van der Waals surface area contributed by atoms with Gasteiger partial charge in [0.25, 0.3) is 0 Å². The number of fused-ring (bicyclic) bond motifs is 1. The molecule has 1 aromatic heterocycles. The first-order valence-electron chi connectivity index (χ1n) is 7.52. The number of aromatic nitrogens is 1. The van der Waals surface area contributed by atoms with E-state index in [4.69, 9.17) is 0 Å². The van der Waals surface area contributed by atoms with Crippen LogP contribution < -0.4 is 0 Å². The molecular formula is C20H9Br2N. The molecule has 0 fully saturated rings. The average molecular weight is 423 g/mol. The van der Waals surface area contributed by atoms with Crippen LogP contribution in [0, 0.1) is 0 Å². The van der Waals surface area contributed by atoms with E-state index >= 15 is 0 Å². The van der Waals surface area contributed by atoms with Crippen molar-refractivity contribution in [3.8, 4) is 0 Å². The standard InChI is InChI=1S/C20H9Br2N/c21-13-7-15-19-17-9(3-1-5-11(13)17)10-4-2-6-12-14(22)8-16(23-15)20(19)18(10)12/h1-8,23H. The molecular weight excluding hydrogens is 414 g/mol. The molecule has 0 aliphatic rings. The topological polar surface area (TPSA) is 15.8 Å². The fraction of sp³-hybridized carbons (Fsp3) is 0. The molecule has 0 atom stereocenters. The highest BCUT2D eigenvalue weighted by Crippen LogP contribution is 2.47. The van der Waals surface area contributed by atoms with Gasteiger partial charge in [-0.25, -0.2) is 0 Å². The van der Waals surface area contributed by atoms with Gasteiger partial charge >= 0.3 is 0 Å². The van der Waals surface area contributed by atoms with Crippen molar-refractivity contribution in [1.82, 2.24) is 4.98 Å². The van der Waals surface area contributed by atoms with E-state index in [1.54, 1.807) is 0 Å². The molecule has 0 amide bonds. The minimum Gasteiger partial charge on any atom is -0.354 e. The van der Waals surface area contributed by atoms with E-state index in [9.17, 15) is 0 Å². The van der Waals surface area contributed by atoms with Gasteiger partial charge in [0.15, 0.2) is 0 Å². The Hall–Kier alpha value is -1.84. The summed E-state index contributed by atoms with van der Waals surface area (Å²) in [6.45, 7) is 0. The predicted molar refractivity (Wildman–Crippen MR) is 106 cm³/mol. The van der Waals surface area contributed by atoms with Crippen molar-refractivity contribution in [1.29, 1.82) is 0 Å². The van der Waals surface area contributed by atoms with E-state index in [2.05, 4.69) is 85.4 Å². The number of rotatable bonds is 0. The zero-order chi connectivity index (χ0) is 15.3. The Bertz CT molecular complexity index is 1270. The fourth-order valence-electron chi connectivity index (χ4n) is 4.17. The summed E-state index contributed by atoms with van der Waals surface area (Å²) in [6.07, 6.45) is 0. The molecule has 0 saturated carbocycles. The van der Waals surface area contributed by atoms with Gasteiger partial charge in [-0.15, -0.1) is 0 Å². The van der Waals surface area contributed by atoms with Crippen molar-refractivity contribution in [2.75, 3.05) is 0 Å². The predicted octanol–water partition coefficient (Wildman–Crippen LogP) is 7.18. The molecule has 1 N–H and O–H groups in total. The van der Waals surface area contributed by atoms with Gasteiger partial charge in [-0.05, 0) is 33.7 Å². The highest BCUT2D eigenvalue weighted by molar-refractivity contribution is 9.11. The molecule has 6 rings (SSSR count). The number of H-pyrrole nitrogens is 1. The molecule has 0 saturated heterocycles. The molecule has 0 spiro atoms. The Morgan fingerprint density at radius 3 is 1.48 bits per heavy atom. The third-order valence-electron chi connectivity index (χ3n) is 5.03. The van der Waals surface area contributed by atoms with Gasteiger partial charge in [0.05, 0.1) is 0 Å². The highest BCUT2D eigenvalue weighted by Gasteiger charge is 2.20. The summed E-state index contributed by atoms with van der Waals surface area (Å²) in [5.74, 6) is 0. The molecule has 108 valence electrons. The van der Waals surface area contributed by atoms with Gasteiger partial charge in [-0.2, -0.15) is 0 Å². The van der Waals surface area contributed by atoms with Crippen LogP contribution in [0.4, 0.5) is 0 Å². The number of benzene rings is 5. The maximum Gasteiger partial charge on any atom is 0.0483 e. The quantitative estimate of drug-likeness (QED) is 0.197. The molecule has 6 aromatic rings. The van der Waals surface area contributed by atoms with E-state index in [0.717, 1.165) is 8.95 Å². The van der Waals surface area contributed by atoms with Gasteiger partial charge in [-0.1, -0.05) is 68.3 Å². The summed E-state index contributed by atoms with van der Waals surface area (Å²) in [4.78, 5) is 3.61. The largest absolute Gasteiger partial charge is 0.354 e. The first-order valence-corrected chi connectivity index (χ1v) is 9.11. The third-order valence-corrected chi connectivity index (χ3v) is 6.35. The molecule has 0 unspecified atom stereocenters. The van der Waals surface area contributed by atoms with Gasteiger partial charge in [-0.3, -0.25) is 0 Å². The Labute approximate surface area is 148 Å². The zero-order valence-corrected chi connectivity index (χ0v) is 15.0. The lowest BCUT2D eigenvalue weighted by Crippen LogP contribution is -1.86. The monoisotopic (exact) mass is 421 g/mol. The van der Waals surface area contributed by atoms with Crippen molar-refractivity contribution in [2.24, 2.45) is 0 Å². The summed E-state index contributed by atoms with van der Waals surface area (Å²) in [7, 11) is 0. The maximum atomic E-state index is 3.75. The Morgan fingerprint density at radius 1 is 0.565 bits per heavy atom. The van der Waals surface area contributed by atoms with Crippen LogP contribution in [0.15, 0.2) is 57.5 Å². The van der Waals surface area contributed by atoms with Crippen LogP contribution in [0.25, 0.3) is 54.1 Å². The maximum absolute atomic E-state index is 3.75. The van der Waals surface area contributed by atoms with E-state index in [1.807, 2.05) is 0 Å². The molecule has 5 aromatic carbocycles. The van der Waals surface area contributed by atoms with E-state index in [0.29, 0.717) is 0 Å². The molecule has 1 nitrogen and oxygen atoms in total. The first-order chi connectivity index (χ1) is 11.2. The van der Waals surface area contributed by atoms with Gasteiger partial charge < -0.3 is 4.98 Å². The minimum atomic E-state index is 1.14. The Balaban J connectivity index is 2.19. The fourth-order valence-corrected chi connectivity index (χ4v) is 5.29. The minimum absolute atomic E-state index is 1.14. The molecule has 0 aliphatic carbocycles. The summed E-state index contributed by atoms with van der Waals surface area (Å²) in [6, 6.07) is 17.6. The molecule has 0 bridgehead atoms. The summed E-state index contributed by atoms with van der Waals surface area (Å²) >= 11 is 7.50. The summed E-state index contributed by atoms with van der Waals surface area (Å²) in [5, 5.41) is 10.6. The van der Waals surface area contributed by atoms with Crippen LogP contribution in [0.5, 0.6) is 0 Å². The first kappa shape index (κ1) is 12.6. The van der Waals surface area contributed by atoms with Crippen LogP contribution >= 0.6 is 31.9 Å². The van der Waals surface area contributed by atoms with Crippen LogP contribution in [-0.4, -0.2) is 4.98 Å². The lowest BCUT2D eigenvalue weighted by molar-refractivity contribution is 1.55. The van der Waals surface area contributed by atoms with Crippen LogP contribution in [0.3, 0.4) is 0 Å². The van der Waals surface area contributed by atoms with Crippen molar-refractivity contribution in [2.45, 2.75) is 0 Å². The van der Waals surface area contributed by atoms with Crippen LogP contribution in [0.1, 0.15) is 0 Å². The molecule has 0 radical (unpaired) electrons. The van der Waals surface area contributed by atoms with Crippen molar-refractivity contribution in [3.05, 3.63) is 57.5 Å². The summed E-state index contributed by atoms with van der Waals surface area (Å²) in [5.41, 5.74) is 2.39. The van der Waals surface area contributed by atoms with Gasteiger partial charge in [0.1, 0.15) is 0 Å².